The molecule has 1 saturated heterocycles. The molecule has 4 aromatic rings. The summed E-state index contributed by atoms with van der Waals surface area (Å²) in [6.07, 6.45) is 4.34. The molecule has 3 N–H and O–H groups in total. The van der Waals surface area contributed by atoms with Crippen molar-refractivity contribution >= 4 is 23.0 Å². The summed E-state index contributed by atoms with van der Waals surface area (Å²) in [7, 11) is 0. The second-order valence-electron chi connectivity index (χ2n) is 9.86. The molecule has 39 heavy (non-hydrogen) atoms. The van der Waals surface area contributed by atoms with Crippen LogP contribution in [0.15, 0.2) is 53.1 Å². The summed E-state index contributed by atoms with van der Waals surface area (Å²) in [6, 6.07) is 8.72. The van der Waals surface area contributed by atoms with E-state index in [2.05, 4.69) is 25.6 Å². The van der Waals surface area contributed by atoms with E-state index in [9.17, 15) is 18.4 Å². The third-order valence-corrected chi connectivity index (χ3v) is 6.98. The lowest BCUT2D eigenvalue weighted by Crippen LogP contribution is -2.55. The lowest BCUT2D eigenvalue weighted by atomic mass is 10.0. The fraction of sp³-hybridized carbons (Fsp3) is 0.357. The number of piperidine rings is 1. The highest BCUT2D eigenvalue weighted by atomic mass is 19.1. The van der Waals surface area contributed by atoms with Crippen molar-refractivity contribution in [2.24, 2.45) is 0 Å². The normalized spacial score (nSPS) is 17.1. The zero-order chi connectivity index (χ0) is 27.5. The molecule has 1 aliphatic heterocycles. The standard InChI is InChI=1S/C28H30F2N6O3/c1-16-7-5-6-12-36(16)28(38)35-22(14-25-33-21-8-3-4-9-24(21)39-25)27(37)32-17(2)26-31-15-23(34-26)19-11-10-18(29)13-20(19)30/h3-4,8-11,13,15-17,22H,5-7,12,14H2,1-2H3,(H,31,34)(H,32,37)(H,35,38)/t16-,17-,22-/m0/s1. The maximum atomic E-state index is 14.2. The molecule has 11 heteroatoms. The number of hydrogen-bond acceptors (Lipinski definition) is 5. The van der Waals surface area contributed by atoms with Gasteiger partial charge in [0.05, 0.1) is 24.4 Å². The predicted octanol–water partition coefficient (Wildman–Crippen LogP) is 4.87. The number of nitrogens with one attached hydrogen (secondary N) is 3. The summed E-state index contributed by atoms with van der Waals surface area (Å²) in [5.74, 6) is -1.16. The number of amides is 3. The molecule has 2 aromatic heterocycles. The molecule has 5 rings (SSSR count). The first-order chi connectivity index (χ1) is 18.8. The quantitative estimate of drug-likeness (QED) is 0.312. The smallest absolute Gasteiger partial charge is 0.318 e. The molecule has 3 atom stereocenters. The summed E-state index contributed by atoms with van der Waals surface area (Å²) in [5.41, 5.74) is 1.75. The van der Waals surface area contributed by atoms with Crippen molar-refractivity contribution < 1.29 is 22.8 Å². The molecule has 204 valence electrons. The number of para-hydroxylation sites is 2. The molecule has 0 aliphatic carbocycles. The van der Waals surface area contributed by atoms with Crippen molar-refractivity contribution in [3.8, 4) is 11.3 Å². The highest BCUT2D eigenvalue weighted by Crippen LogP contribution is 2.24. The van der Waals surface area contributed by atoms with Gasteiger partial charge in [0, 0.05) is 24.2 Å². The van der Waals surface area contributed by atoms with E-state index in [0.717, 1.165) is 31.4 Å². The van der Waals surface area contributed by atoms with Crippen LogP contribution in [0, 0.1) is 11.6 Å². The number of hydrogen-bond donors (Lipinski definition) is 3. The Morgan fingerprint density at radius 2 is 2.00 bits per heavy atom. The molecule has 3 amide bonds. The number of nitrogens with zero attached hydrogens (tertiary/aromatic N) is 3. The monoisotopic (exact) mass is 536 g/mol. The van der Waals surface area contributed by atoms with Crippen LogP contribution in [0.4, 0.5) is 13.6 Å². The summed E-state index contributed by atoms with van der Waals surface area (Å²) in [6.45, 7) is 4.33. The van der Waals surface area contributed by atoms with Gasteiger partial charge < -0.3 is 24.9 Å². The van der Waals surface area contributed by atoms with Gasteiger partial charge in [0.25, 0.3) is 0 Å². The van der Waals surface area contributed by atoms with Gasteiger partial charge in [0.15, 0.2) is 11.5 Å². The van der Waals surface area contributed by atoms with E-state index in [1.165, 1.54) is 12.3 Å². The Morgan fingerprint density at radius 1 is 1.18 bits per heavy atom. The Labute approximate surface area is 224 Å². The molecule has 3 heterocycles. The Kier molecular flexibility index (Phi) is 7.58. The van der Waals surface area contributed by atoms with E-state index in [-0.39, 0.29) is 24.1 Å². The van der Waals surface area contributed by atoms with Crippen molar-refractivity contribution in [1.29, 1.82) is 0 Å². The van der Waals surface area contributed by atoms with Crippen LogP contribution < -0.4 is 10.6 Å². The number of likely N-dealkylation sites (tertiary alicyclic amines) is 1. The van der Waals surface area contributed by atoms with Crippen molar-refractivity contribution in [1.82, 2.24) is 30.5 Å². The number of benzene rings is 2. The van der Waals surface area contributed by atoms with Gasteiger partial charge in [-0.15, -0.1) is 0 Å². The Morgan fingerprint density at radius 3 is 2.77 bits per heavy atom. The minimum absolute atomic E-state index is 0.0470. The highest BCUT2D eigenvalue weighted by molar-refractivity contribution is 5.87. The lowest BCUT2D eigenvalue weighted by molar-refractivity contribution is -0.123. The third kappa shape index (κ3) is 5.92. The number of rotatable bonds is 7. The van der Waals surface area contributed by atoms with E-state index in [0.29, 0.717) is 35.1 Å². The number of carbonyl (C=O) groups excluding carboxylic acids is 2. The molecule has 9 nitrogen and oxygen atoms in total. The number of H-pyrrole nitrogens is 1. The topological polar surface area (TPSA) is 116 Å². The summed E-state index contributed by atoms with van der Waals surface area (Å²) in [4.78, 5) is 40.1. The van der Waals surface area contributed by atoms with Gasteiger partial charge in [-0.1, -0.05) is 12.1 Å². The van der Waals surface area contributed by atoms with Crippen LogP contribution in [0.3, 0.4) is 0 Å². The van der Waals surface area contributed by atoms with Crippen molar-refractivity contribution in [3.05, 3.63) is 72.0 Å². The fourth-order valence-electron chi connectivity index (χ4n) is 4.81. The van der Waals surface area contributed by atoms with E-state index in [4.69, 9.17) is 4.42 Å². The van der Waals surface area contributed by atoms with Crippen LogP contribution >= 0.6 is 0 Å². The number of urea groups is 1. The van der Waals surface area contributed by atoms with Gasteiger partial charge in [-0.3, -0.25) is 4.79 Å². The SMILES string of the molecule is C[C@H](NC(=O)[C@H](Cc1nc2ccccc2o1)NC(=O)N1CCCC[C@@H]1C)c1ncc(-c2ccc(F)cc2F)[nH]1. The highest BCUT2D eigenvalue weighted by Gasteiger charge is 2.30. The number of halogens is 2. The van der Waals surface area contributed by atoms with E-state index < -0.39 is 29.6 Å². The fourth-order valence-corrected chi connectivity index (χ4v) is 4.81. The Bertz CT molecular complexity index is 1450. The van der Waals surface area contributed by atoms with E-state index >= 15 is 0 Å². The second-order valence-corrected chi connectivity index (χ2v) is 9.86. The Hall–Kier alpha value is -4.28. The van der Waals surface area contributed by atoms with Crippen molar-refractivity contribution in [2.45, 2.75) is 57.7 Å². The minimum Gasteiger partial charge on any atom is -0.441 e. The van der Waals surface area contributed by atoms with Gasteiger partial charge in [-0.25, -0.2) is 23.5 Å². The molecular formula is C28H30F2N6O3. The van der Waals surface area contributed by atoms with Gasteiger partial charge in [0.2, 0.25) is 5.91 Å². The van der Waals surface area contributed by atoms with E-state index in [1.807, 2.05) is 25.1 Å². The number of carbonyl (C=O) groups is 2. The van der Waals surface area contributed by atoms with E-state index in [1.54, 1.807) is 17.9 Å². The maximum absolute atomic E-state index is 14.2. The van der Waals surface area contributed by atoms with Crippen LogP contribution in [0.5, 0.6) is 0 Å². The zero-order valence-electron chi connectivity index (χ0n) is 21.7. The molecule has 0 unspecified atom stereocenters. The third-order valence-electron chi connectivity index (χ3n) is 6.98. The molecule has 0 radical (unpaired) electrons. The number of aromatic nitrogens is 3. The molecule has 2 aromatic carbocycles. The minimum atomic E-state index is -0.967. The largest absolute Gasteiger partial charge is 0.441 e. The van der Waals surface area contributed by atoms with Crippen molar-refractivity contribution in [2.75, 3.05) is 6.54 Å². The van der Waals surface area contributed by atoms with Gasteiger partial charge in [0.1, 0.15) is 29.0 Å². The lowest BCUT2D eigenvalue weighted by Gasteiger charge is -2.34. The summed E-state index contributed by atoms with van der Waals surface area (Å²) in [5, 5.41) is 5.74. The van der Waals surface area contributed by atoms with Crippen molar-refractivity contribution in [3.63, 3.8) is 0 Å². The number of fused-ring (bicyclic) bond motifs is 1. The number of oxazole rings is 1. The first kappa shape index (κ1) is 26.3. The van der Waals surface area contributed by atoms with Gasteiger partial charge in [-0.05, 0) is 57.4 Å². The van der Waals surface area contributed by atoms with Crippen LogP contribution in [-0.4, -0.2) is 50.4 Å². The zero-order valence-corrected chi connectivity index (χ0v) is 21.7. The average Bonchev–Trinajstić information content (AvgIpc) is 3.55. The number of imidazole rings is 1. The molecule has 0 spiro atoms. The molecule has 0 saturated carbocycles. The molecular weight excluding hydrogens is 506 g/mol. The summed E-state index contributed by atoms with van der Waals surface area (Å²) >= 11 is 0. The van der Waals surface area contributed by atoms with Gasteiger partial charge in [-0.2, -0.15) is 0 Å². The average molecular weight is 537 g/mol. The molecule has 0 bridgehead atoms. The first-order valence-corrected chi connectivity index (χ1v) is 13.0. The van der Waals surface area contributed by atoms with Crippen LogP contribution in [0.2, 0.25) is 0 Å². The first-order valence-electron chi connectivity index (χ1n) is 13.0. The summed E-state index contributed by atoms with van der Waals surface area (Å²) < 4.78 is 33.4. The number of aromatic amines is 1. The predicted molar refractivity (Wildman–Crippen MR) is 141 cm³/mol. The van der Waals surface area contributed by atoms with Gasteiger partial charge >= 0.3 is 6.03 Å². The van der Waals surface area contributed by atoms with Crippen LogP contribution in [0.25, 0.3) is 22.4 Å². The Balaban J connectivity index is 1.33. The molecule has 1 aliphatic rings. The van der Waals surface area contributed by atoms with Crippen LogP contribution in [-0.2, 0) is 11.2 Å². The maximum Gasteiger partial charge on any atom is 0.318 e. The second kappa shape index (κ2) is 11.2. The van der Waals surface area contributed by atoms with Crippen LogP contribution in [0.1, 0.15) is 50.9 Å². The molecule has 1 fully saturated rings.